The van der Waals surface area contributed by atoms with E-state index in [0.717, 1.165) is 32.5 Å². The molecule has 1 aromatic rings. The predicted molar refractivity (Wildman–Crippen MR) is 71.9 cm³/mol. The molecule has 2 N–H and O–H groups in total. The molecule has 0 saturated carbocycles. The van der Waals surface area contributed by atoms with E-state index in [0.29, 0.717) is 9.90 Å². The molecule has 0 atom stereocenters. The highest BCUT2D eigenvalue weighted by atomic mass is 35.5. The van der Waals surface area contributed by atoms with Crippen LogP contribution in [0, 0.1) is 5.41 Å². The summed E-state index contributed by atoms with van der Waals surface area (Å²) >= 11 is 7.32. The Morgan fingerprint density at radius 1 is 1.59 bits per heavy atom. The first-order valence-corrected chi connectivity index (χ1v) is 7.08. The van der Waals surface area contributed by atoms with Gasteiger partial charge in [0.05, 0.1) is 5.02 Å². The van der Waals surface area contributed by atoms with Crippen LogP contribution < -0.4 is 10.6 Å². The van der Waals surface area contributed by atoms with Crippen LogP contribution in [-0.2, 0) is 0 Å². The Morgan fingerprint density at radius 2 is 2.29 bits per heavy atom. The third kappa shape index (κ3) is 3.21. The highest BCUT2D eigenvalue weighted by molar-refractivity contribution is 7.12. The van der Waals surface area contributed by atoms with Gasteiger partial charge in [0.2, 0.25) is 0 Å². The molecule has 3 nitrogen and oxygen atoms in total. The molecule has 2 rings (SSSR count). The monoisotopic (exact) mass is 272 g/mol. The van der Waals surface area contributed by atoms with Crippen molar-refractivity contribution < 1.29 is 4.79 Å². The molecule has 0 aromatic carbocycles. The summed E-state index contributed by atoms with van der Waals surface area (Å²) in [7, 11) is 0. The van der Waals surface area contributed by atoms with Gasteiger partial charge in [0.25, 0.3) is 5.91 Å². The normalized spacial score (nSPS) is 18.9. The van der Waals surface area contributed by atoms with Crippen LogP contribution >= 0.6 is 22.9 Å². The molecule has 1 aliphatic heterocycles. The first-order chi connectivity index (χ1) is 8.11. The maximum Gasteiger partial charge on any atom is 0.262 e. The van der Waals surface area contributed by atoms with Crippen LogP contribution in [0.3, 0.4) is 0 Å². The van der Waals surface area contributed by atoms with Crippen LogP contribution in [-0.4, -0.2) is 25.5 Å². The molecule has 0 bridgehead atoms. The smallest absolute Gasteiger partial charge is 0.262 e. The third-order valence-corrected chi connectivity index (χ3v) is 4.65. The molecule has 1 fully saturated rings. The van der Waals surface area contributed by atoms with E-state index in [4.69, 9.17) is 11.6 Å². The SMILES string of the molecule is CC1(CNC(=O)c2sccc2Cl)CCNCC1. The fourth-order valence-corrected chi connectivity index (χ4v) is 3.09. The maximum absolute atomic E-state index is 11.9. The lowest BCUT2D eigenvalue weighted by Crippen LogP contribution is -2.42. The van der Waals surface area contributed by atoms with E-state index in [1.54, 1.807) is 6.07 Å². The highest BCUT2D eigenvalue weighted by Gasteiger charge is 2.27. The second kappa shape index (κ2) is 5.38. The van der Waals surface area contributed by atoms with E-state index < -0.39 is 0 Å². The van der Waals surface area contributed by atoms with Crippen LogP contribution in [0.15, 0.2) is 11.4 Å². The first kappa shape index (κ1) is 12.9. The van der Waals surface area contributed by atoms with Crippen molar-refractivity contribution in [3.8, 4) is 0 Å². The van der Waals surface area contributed by atoms with Crippen LogP contribution in [0.2, 0.25) is 5.02 Å². The number of thiophene rings is 1. The average molecular weight is 273 g/mol. The molecule has 0 aliphatic carbocycles. The van der Waals surface area contributed by atoms with Crippen LogP contribution in [0.1, 0.15) is 29.4 Å². The van der Waals surface area contributed by atoms with Crippen molar-refractivity contribution in [3.63, 3.8) is 0 Å². The summed E-state index contributed by atoms with van der Waals surface area (Å²) in [6, 6.07) is 1.76. The number of amides is 1. The summed E-state index contributed by atoms with van der Waals surface area (Å²) in [5, 5.41) is 8.71. The van der Waals surface area contributed by atoms with Gasteiger partial charge in [0.1, 0.15) is 4.88 Å². The van der Waals surface area contributed by atoms with E-state index in [9.17, 15) is 4.79 Å². The number of hydrogen-bond donors (Lipinski definition) is 2. The van der Waals surface area contributed by atoms with Crippen molar-refractivity contribution in [2.24, 2.45) is 5.41 Å². The first-order valence-electron chi connectivity index (χ1n) is 5.83. The Bertz CT molecular complexity index is 399. The van der Waals surface area contributed by atoms with Crippen LogP contribution in [0.4, 0.5) is 0 Å². The molecule has 1 aromatic heterocycles. The second-order valence-corrected chi connectivity index (χ2v) is 6.16. The lowest BCUT2D eigenvalue weighted by molar-refractivity contribution is 0.0926. The molecule has 1 saturated heterocycles. The fraction of sp³-hybridized carbons (Fsp3) is 0.583. The summed E-state index contributed by atoms with van der Waals surface area (Å²) in [4.78, 5) is 12.5. The highest BCUT2D eigenvalue weighted by Crippen LogP contribution is 2.27. The molecule has 0 unspecified atom stereocenters. The van der Waals surface area contributed by atoms with Crippen molar-refractivity contribution in [2.45, 2.75) is 19.8 Å². The Balaban J connectivity index is 1.90. The van der Waals surface area contributed by atoms with Gasteiger partial charge in [-0.1, -0.05) is 18.5 Å². The van der Waals surface area contributed by atoms with Crippen molar-refractivity contribution in [3.05, 3.63) is 21.3 Å². The molecule has 1 amide bonds. The quantitative estimate of drug-likeness (QED) is 0.888. The third-order valence-electron chi connectivity index (χ3n) is 3.31. The molecule has 0 spiro atoms. The standard InChI is InChI=1S/C12H17ClN2OS/c1-12(3-5-14-6-4-12)8-15-11(16)10-9(13)2-7-17-10/h2,7,14H,3-6,8H2,1H3,(H,15,16). The zero-order valence-corrected chi connectivity index (χ0v) is 11.5. The van der Waals surface area contributed by atoms with Gasteiger partial charge >= 0.3 is 0 Å². The van der Waals surface area contributed by atoms with Gasteiger partial charge in [-0.3, -0.25) is 4.79 Å². The number of carbonyl (C=O) groups excluding carboxylic acids is 1. The fourth-order valence-electron chi connectivity index (χ4n) is 2.04. The number of nitrogens with one attached hydrogen (secondary N) is 2. The van der Waals surface area contributed by atoms with Gasteiger partial charge in [0.15, 0.2) is 0 Å². The van der Waals surface area contributed by atoms with E-state index in [1.165, 1.54) is 11.3 Å². The van der Waals surface area contributed by atoms with Gasteiger partial charge < -0.3 is 10.6 Å². The van der Waals surface area contributed by atoms with E-state index >= 15 is 0 Å². The Hall–Kier alpha value is -0.580. The predicted octanol–water partition coefficient (Wildman–Crippen LogP) is 2.52. The number of piperidine rings is 1. The van der Waals surface area contributed by atoms with Crippen molar-refractivity contribution in [2.75, 3.05) is 19.6 Å². The van der Waals surface area contributed by atoms with E-state index in [2.05, 4.69) is 17.6 Å². The average Bonchev–Trinajstić information content (AvgIpc) is 2.74. The molecule has 2 heterocycles. The van der Waals surface area contributed by atoms with Crippen LogP contribution in [0.25, 0.3) is 0 Å². The number of carbonyl (C=O) groups is 1. The van der Waals surface area contributed by atoms with E-state index in [1.807, 2.05) is 5.38 Å². The molecular weight excluding hydrogens is 256 g/mol. The number of hydrogen-bond acceptors (Lipinski definition) is 3. The topological polar surface area (TPSA) is 41.1 Å². The zero-order chi connectivity index (χ0) is 12.3. The Labute approximate surface area is 111 Å². The molecule has 17 heavy (non-hydrogen) atoms. The summed E-state index contributed by atoms with van der Waals surface area (Å²) in [6.07, 6.45) is 2.21. The zero-order valence-electron chi connectivity index (χ0n) is 9.88. The lowest BCUT2D eigenvalue weighted by atomic mass is 9.81. The molecule has 94 valence electrons. The molecular formula is C12H17ClN2OS. The molecule has 0 radical (unpaired) electrons. The largest absolute Gasteiger partial charge is 0.351 e. The van der Waals surface area contributed by atoms with Gasteiger partial charge in [-0.05, 0) is 42.8 Å². The Morgan fingerprint density at radius 3 is 2.88 bits per heavy atom. The minimum absolute atomic E-state index is 0.0512. The second-order valence-electron chi connectivity index (χ2n) is 4.84. The summed E-state index contributed by atoms with van der Waals surface area (Å²) in [6.45, 7) is 5.02. The van der Waals surface area contributed by atoms with Gasteiger partial charge in [-0.2, -0.15) is 0 Å². The van der Waals surface area contributed by atoms with Gasteiger partial charge in [-0.25, -0.2) is 0 Å². The van der Waals surface area contributed by atoms with Gasteiger partial charge in [0, 0.05) is 6.54 Å². The minimum atomic E-state index is -0.0512. The lowest BCUT2D eigenvalue weighted by Gasteiger charge is -2.34. The van der Waals surface area contributed by atoms with Crippen molar-refractivity contribution in [1.82, 2.24) is 10.6 Å². The van der Waals surface area contributed by atoms with Crippen molar-refractivity contribution >= 4 is 28.8 Å². The minimum Gasteiger partial charge on any atom is -0.351 e. The van der Waals surface area contributed by atoms with Gasteiger partial charge in [-0.15, -0.1) is 11.3 Å². The van der Waals surface area contributed by atoms with Crippen molar-refractivity contribution in [1.29, 1.82) is 0 Å². The number of halogens is 1. The van der Waals surface area contributed by atoms with E-state index in [-0.39, 0.29) is 11.3 Å². The number of rotatable bonds is 3. The maximum atomic E-state index is 11.9. The summed E-state index contributed by atoms with van der Waals surface area (Å²) < 4.78 is 0. The molecule has 1 aliphatic rings. The Kier molecular flexibility index (Phi) is 4.07. The van der Waals surface area contributed by atoms with Crippen LogP contribution in [0.5, 0.6) is 0 Å². The summed E-state index contributed by atoms with van der Waals surface area (Å²) in [5.41, 5.74) is 0.213. The molecule has 5 heteroatoms. The summed E-state index contributed by atoms with van der Waals surface area (Å²) in [5.74, 6) is -0.0512.